The first-order valence-electron chi connectivity index (χ1n) is 5.78. The number of carboxylic acids is 1. The van der Waals surface area contributed by atoms with Crippen LogP contribution in [0.1, 0.15) is 10.5 Å². The summed E-state index contributed by atoms with van der Waals surface area (Å²) < 4.78 is 1.29. The van der Waals surface area contributed by atoms with E-state index in [1.165, 1.54) is 35.1 Å². The molecule has 0 atom stereocenters. The van der Waals surface area contributed by atoms with Gasteiger partial charge in [0, 0.05) is 18.3 Å². The zero-order chi connectivity index (χ0) is 15.4. The third-order valence-corrected chi connectivity index (χ3v) is 2.53. The molecule has 0 saturated heterocycles. The third-order valence-electron chi connectivity index (χ3n) is 2.53. The Bertz CT molecular complexity index is 709. The number of non-ortho nitro benzene ring substituents is 1. The molecule has 9 heteroatoms. The number of carbonyl (C=O) groups excluding carboxylic acids is 1. The molecule has 0 radical (unpaired) electrons. The van der Waals surface area contributed by atoms with Gasteiger partial charge in [0.05, 0.1) is 10.6 Å². The van der Waals surface area contributed by atoms with Gasteiger partial charge in [0.1, 0.15) is 6.54 Å². The predicted molar refractivity (Wildman–Crippen MR) is 70.2 cm³/mol. The Kier molecular flexibility index (Phi) is 3.93. The lowest BCUT2D eigenvalue weighted by Crippen LogP contribution is -2.29. The summed E-state index contributed by atoms with van der Waals surface area (Å²) in [6.45, 7) is -0.511. The predicted octanol–water partition coefficient (Wildman–Crippen LogP) is 0.595. The van der Waals surface area contributed by atoms with Crippen LogP contribution in [0.15, 0.2) is 36.5 Å². The number of aromatic nitrogens is 2. The monoisotopic (exact) mass is 290 g/mol. The first-order chi connectivity index (χ1) is 9.97. The Morgan fingerprint density at radius 3 is 2.81 bits per heavy atom. The Hall–Kier alpha value is -3.23. The van der Waals surface area contributed by atoms with Gasteiger partial charge >= 0.3 is 5.97 Å². The number of hydrogen-bond acceptors (Lipinski definition) is 5. The second-order valence-corrected chi connectivity index (χ2v) is 4.00. The maximum Gasteiger partial charge on any atom is 0.322 e. The van der Waals surface area contributed by atoms with Crippen molar-refractivity contribution < 1.29 is 19.6 Å². The van der Waals surface area contributed by atoms with Gasteiger partial charge in [-0.15, -0.1) is 0 Å². The first-order valence-corrected chi connectivity index (χ1v) is 5.78. The zero-order valence-electron chi connectivity index (χ0n) is 10.6. The number of nitro benzene ring substituents is 1. The van der Waals surface area contributed by atoms with Gasteiger partial charge in [0.25, 0.3) is 11.6 Å². The number of nitrogens with one attached hydrogen (secondary N) is 1. The van der Waals surface area contributed by atoms with Gasteiger partial charge in [0.15, 0.2) is 5.69 Å². The molecule has 0 saturated carbocycles. The van der Waals surface area contributed by atoms with Gasteiger partial charge in [0.2, 0.25) is 0 Å². The normalized spacial score (nSPS) is 10.1. The average Bonchev–Trinajstić information content (AvgIpc) is 2.94. The van der Waals surface area contributed by atoms with Gasteiger partial charge in [-0.05, 0) is 12.1 Å². The maximum atomic E-state index is 11.6. The fourth-order valence-corrected chi connectivity index (χ4v) is 1.58. The second kappa shape index (κ2) is 5.82. The van der Waals surface area contributed by atoms with E-state index in [0.29, 0.717) is 5.69 Å². The molecule has 9 nitrogen and oxygen atoms in total. The summed E-state index contributed by atoms with van der Waals surface area (Å²) in [5.74, 6) is -1.80. The van der Waals surface area contributed by atoms with Crippen LogP contribution in [0.25, 0.3) is 5.69 Å². The summed E-state index contributed by atoms with van der Waals surface area (Å²) in [6.07, 6.45) is 1.45. The minimum atomic E-state index is -1.17. The average molecular weight is 290 g/mol. The molecule has 0 aliphatic rings. The van der Waals surface area contributed by atoms with E-state index in [1.807, 2.05) is 0 Å². The van der Waals surface area contributed by atoms with Crippen molar-refractivity contribution in [3.05, 3.63) is 52.3 Å². The molecule has 1 amide bonds. The summed E-state index contributed by atoms with van der Waals surface area (Å²) in [7, 11) is 0. The molecule has 2 rings (SSSR count). The van der Waals surface area contributed by atoms with Gasteiger partial charge in [-0.2, -0.15) is 5.10 Å². The SMILES string of the molecule is O=C(O)CNC(=O)c1ccn(-c2cccc([N+](=O)[O-])c2)n1. The van der Waals surface area contributed by atoms with Crippen molar-refractivity contribution in [2.24, 2.45) is 0 Å². The van der Waals surface area contributed by atoms with Crippen molar-refractivity contribution in [1.82, 2.24) is 15.1 Å². The van der Waals surface area contributed by atoms with E-state index in [-0.39, 0.29) is 11.4 Å². The molecule has 108 valence electrons. The fourth-order valence-electron chi connectivity index (χ4n) is 1.58. The lowest BCUT2D eigenvalue weighted by atomic mass is 10.3. The molecular weight excluding hydrogens is 280 g/mol. The van der Waals surface area contributed by atoms with Gasteiger partial charge < -0.3 is 10.4 Å². The van der Waals surface area contributed by atoms with Crippen LogP contribution in [0.2, 0.25) is 0 Å². The molecule has 1 heterocycles. The minimum Gasteiger partial charge on any atom is -0.480 e. The minimum absolute atomic E-state index is 0.0164. The third kappa shape index (κ3) is 3.41. The molecule has 1 aromatic heterocycles. The summed E-state index contributed by atoms with van der Waals surface area (Å²) in [4.78, 5) is 32.1. The number of carbonyl (C=O) groups is 2. The van der Waals surface area contributed by atoms with Crippen molar-refractivity contribution in [3.8, 4) is 5.69 Å². The van der Waals surface area contributed by atoms with E-state index in [2.05, 4.69) is 10.4 Å². The maximum absolute atomic E-state index is 11.6. The van der Waals surface area contributed by atoms with Crippen molar-refractivity contribution in [3.63, 3.8) is 0 Å². The van der Waals surface area contributed by atoms with E-state index < -0.39 is 23.3 Å². The summed E-state index contributed by atoms with van der Waals surface area (Å²) in [6, 6.07) is 7.13. The molecule has 0 spiro atoms. The summed E-state index contributed by atoms with van der Waals surface area (Å²) >= 11 is 0. The topological polar surface area (TPSA) is 127 Å². The quantitative estimate of drug-likeness (QED) is 0.613. The molecule has 0 aliphatic carbocycles. The van der Waals surface area contributed by atoms with Crippen molar-refractivity contribution in [1.29, 1.82) is 0 Å². The number of amides is 1. The highest BCUT2D eigenvalue weighted by molar-refractivity contribution is 5.93. The highest BCUT2D eigenvalue weighted by atomic mass is 16.6. The van der Waals surface area contributed by atoms with Crippen LogP contribution in [0.3, 0.4) is 0 Å². The highest BCUT2D eigenvalue weighted by Gasteiger charge is 2.12. The van der Waals surface area contributed by atoms with E-state index in [0.717, 1.165) is 0 Å². The second-order valence-electron chi connectivity index (χ2n) is 4.00. The van der Waals surface area contributed by atoms with E-state index in [4.69, 9.17) is 5.11 Å². The van der Waals surface area contributed by atoms with Gasteiger partial charge in [-0.25, -0.2) is 4.68 Å². The first kappa shape index (κ1) is 14.2. The lowest BCUT2D eigenvalue weighted by Gasteiger charge is -2.01. The molecule has 0 fully saturated rings. The number of aliphatic carboxylic acids is 1. The molecule has 21 heavy (non-hydrogen) atoms. The Morgan fingerprint density at radius 2 is 2.14 bits per heavy atom. The fraction of sp³-hybridized carbons (Fsp3) is 0.0833. The Morgan fingerprint density at radius 1 is 1.38 bits per heavy atom. The molecule has 0 bridgehead atoms. The number of rotatable bonds is 5. The van der Waals surface area contributed by atoms with Crippen LogP contribution >= 0.6 is 0 Å². The van der Waals surface area contributed by atoms with Crippen LogP contribution in [-0.2, 0) is 4.79 Å². The standard InChI is InChI=1S/C12H10N4O5/c17-11(18)7-13-12(19)10-4-5-15(14-10)8-2-1-3-9(6-8)16(20)21/h1-6H,7H2,(H,13,19)(H,17,18). The molecule has 1 aromatic carbocycles. The lowest BCUT2D eigenvalue weighted by molar-refractivity contribution is -0.384. The summed E-state index contributed by atoms with van der Waals surface area (Å²) in [5, 5.41) is 25.3. The van der Waals surface area contributed by atoms with Crippen LogP contribution in [0.4, 0.5) is 5.69 Å². The molecule has 0 unspecified atom stereocenters. The van der Waals surface area contributed by atoms with E-state index in [9.17, 15) is 19.7 Å². The van der Waals surface area contributed by atoms with E-state index >= 15 is 0 Å². The van der Waals surface area contributed by atoms with Crippen LogP contribution in [-0.4, -0.2) is 38.2 Å². The smallest absolute Gasteiger partial charge is 0.322 e. The Balaban J connectivity index is 2.19. The molecule has 0 aliphatic heterocycles. The van der Waals surface area contributed by atoms with Crippen molar-refractivity contribution in [2.45, 2.75) is 0 Å². The number of hydrogen-bond donors (Lipinski definition) is 2. The molecule has 2 N–H and O–H groups in total. The van der Waals surface area contributed by atoms with Crippen molar-refractivity contribution >= 4 is 17.6 Å². The zero-order valence-corrected chi connectivity index (χ0v) is 10.6. The Labute approximate surface area is 118 Å². The molecule has 2 aromatic rings. The van der Waals surface area contributed by atoms with Gasteiger partial charge in [-0.3, -0.25) is 19.7 Å². The number of benzene rings is 1. The van der Waals surface area contributed by atoms with Crippen molar-refractivity contribution in [2.75, 3.05) is 6.54 Å². The highest BCUT2D eigenvalue weighted by Crippen LogP contribution is 2.16. The largest absolute Gasteiger partial charge is 0.480 e. The van der Waals surface area contributed by atoms with Crippen LogP contribution in [0, 0.1) is 10.1 Å². The van der Waals surface area contributed by atoms with Gasteiger partial charge in [-0.1, -0.05) is 6.07 Å². The van der Waals surface area contributed by atoms with Crippen LogP contribution < -0.4 is 5.32 Å². The number of carboxylic acid groups (broad SMARTS) is 1. The van der Waals surface area contributed by atoms with Crippen LogP contribution in [0.5, 0.6) is 0 Å². The summed E-state index contributed by atoms with van der Waals surface area (Å²) in [5.41, 5.74) is 0.337. The molecular formula is C12H10N4O5. The number of nitro groups is 1. The number of nitrogens with zero attached hydrogens (tertiary/aromatic N) is 3. The van der Waals surface area contributed by atoms with E-state index in [1.54, 1.807) is 6.07 Å².